The minimum absolute atomic E-state index is 0.0369. The van der Waals surface area contributed by atoms with Gasteiger partial charge in [-0.1, -0.05) is 25.3 Å². The number of nitro benzene ring substituents is 1. The molecule has 20 heavy (non-hydrogen) atoms. The first kappa shape index (κ1) is 14.6. The Morgan fingerprint density at radius 2 is 2.20 bits per heavy atom. The van der Waals surface area contributed by atoms with Crippen molar-refractivity contribution in [3.63, 3.8) is 0 Å². The standard InChI is InChI=1S/C15H22N2O3/c1-11(2)20-14-8-4-7-13(15(14)17(18)19)16-10-9-12-5-3-6-12/h4,7-8,11-12,16H,3,5-6,9-10H2,1-2H3. The van der Waals surface area contributed by atoms with Gasteiger partial charge in [0, 0.05) is 6.54 Å². The predicted octanol–water partition coefficient (Wildman–Crippen LogP) is 3.98. The molecule has 0 spiro atoms. The van der Waals surface area contributed by atoms with E-state index in [1.54, 1.807) is 18.2 Å². The molecule has 1 aliphatic rings. The van der Waals surface area contributed by atoms with E-state index in [0.29, 0.717) is 11.4 Å². The number of benzene rings is 1. The fourth-order valence-corrected chi connectivity index (χ4v) is 2.39. The van der Waals surface area contributed by atoms with Crippen LogP contribution in [0.15, 0.2) is 18.2 Å². The van der Waals surface area contributed by atoms with E-state index in [1.807, 2.05) is 13.8 Å². The molecule has 0 bridgehead atoms. The molecule has 5 heteroatoms. The van der Waals surface area contributed by atoms with Crippen LogP contribution in [0, 0.1) is 16.0 Å². The van der Waals surface area contributed by atoms with Crippen LogP contribution in [-0.2, 0) is 0 Å². The number of anilines is 1. The Balaban J connectivity index is 2.07. The Bertz CT molecular complexity index is 470. The van der Waals surface area contributed by atoms with Crippen LogP contribution in [0.2, 0.25) is 0 Å². The van der Waals surface area contributed by atoms with Crippen molar-refractivity contribution in [2.45, 2.75) is 45.6 Å². The second-order valence-corrected chi connectivity index (χ2v) is 5.59. The Morgan fingerprint density at radius 3 is 2.75 bits per heavy atom. The van der Waals surface area contributed by atoms with Gasteiger partial charge in [0.25, 0.3) is 0 Å². The minimum Gasteiger partial charge on any atom is -0.484 e. The zero-order valence-corrected chi connectivity index (χ0v) is 12.1. The van der Waals surface area contributed by atoms with Crippen molar-refractivity contribution in [2.24, 2.45) is 5.92 Å². The van der Waals surface area contributed by atoms with Gasteiger partial charge in [0.15, 0.2) is 5.75 Å². The Hall–Kier alpha value is -1.78. The maximum Gasteiger partial charge on any atom is 0.333 e. The van der Waals surface area contributed by atoms with E-state index >= 15 is 0 Å². The molecule has 0 amide bonds. The molecule has 1 aromatic rings. The molecule has 0 radical (unpaired) electrons. The van der Waals surface area contributed by atoms with Crippen LogP contribution >= 0.6 is 0 Å². The number of nitrogens with zero attached hydrogens (tertiary/aromatic N) is 1. The Labute approximate surface area is 119 Å². The summed E-state index contributed by atoms with van der Waals surface area (Å²) in [6.07, 6.45) is 4.90. The average molecular weight is 278 g/mol. The lowest BCUT2D eigenvalue weighted by Gasteiger charge is -2.25. The lowest BCUT2D eigenvalue weighted by atomic mass is 9.83. The summed E-state index contributed by atoms with van der Waals surface area (Å²) in [5, 5.41) is 14.5. The third-order valence-electron chi connectivity index (χ3n) is 3.64. The second-order valence-electron chi connectivity index (χ2n) is 5.59. The molecular formula is C15H22N2O3. The normalized spacial score (nSPS) is 14.9. The van der Waals surface area contributed by atoms with E-state index in [-0.39, 0.29) is 16.7 Å². The molecule has 1 saturated carbocycles. The minimum atomic E-state index is -0.372. The molecule has 110 valence electrons. The highest BCUT2D eigenvalue weighted by Gasteiger charge is 2.22. The summed E-state index contributed by atoms with van der Waals surface area (Å²) in [5.74, 6) is 1.12. The van der Waals surface area contributed by atoms with Gasteiger partial charge < -0.3 is 10.1 Å². The molecule has 2 rings (SSSR count). The van der Waals surface area contributed by atoms with Crippen molar-refractivity contribution in [2.75, 3.05) is 11.9 Å². The maximum atomic E-state index is 11.3. The number of para-hydroxylation sites is 1. The Morgan fingerprint density at radius 1 is 1.45 bits per heavy atom. The summed E-state index contributed by atoms with van der Waals surface area (Å²) >= 11 is 0. The van der Waals surface area contributed by atoms with Crippen molar-refractivity contribution in [1.82, 2.24) is 0 Å². The van der Waals surface area contributed by atoms with Gasteiger partial charge in [0.1, 0.15) is 5.69 Å². The molecule has 0 atom stereocenters. The molecule has 1 fully saturated rings. The van der Waals surface area contributed by atoms with Gasteiger partial charge >= 0.3 is 5.69 Å². The summed E-state index contributed by atoms with van der Waals surface area (Å²) in [6, 6.07) is 5.18. The van der Waals surface area contributed by atoms with Crippen molar-refractivity contribution in [3.8, 4) is 5.75 Å². The summed E-state index contributed by atoms with van der Waals surface area (Å²) in [6.45, 7) is 4.50. The zero-order chi connectivity index (χ0) is 14.5. The second kappa shape index (κ2) is 6.59. The van der Waals surface area contributed by atoms with E-state index in [4.69, 9.17) is 4.74 Å². The van der Waals surface area contributed by atoms with Crippen molar-refractivity contribution < 1.29 is 9.66 Å². The van der Waals surface area contributed by atoms with Gasteiger partial charge in [0.05, 0.1) is 11.0 Å². The van der Waals surface area contributed by atoms with Gasteiger partial charge in [-0.3, -0.25) is 10.1 Å². The smallest absolute Gasteiger partial charge is 0.333 e. The van der Waals surface area contributed by atoms with E-state index in [1.165, 1.54) is 19.3 Å². The summed E-state index contributed by atoms with van der Waals surface area (Å²) < 4.78 is 5.53. The number of nitrogens with one attached hydrogen (secondary N) is 1. The van der Waals surface area contributed by atoms with E-state index in [0.717, 1.165) is 18.9 Å². The molecule has 1 N–H and O–H groups in total. The fourth-order valence-electron chi connectivity index (χ4n) is 2.39. The SMILES string of the molecule is CC(C)Oc1cccc(NCCC2CCC2)c1[N+](=O)[O-]. The molecule has 0 unspecified atom stereocenters. The average Bonchev–Trinajstić information content (AvgIpc) is 2.31. The topological polar surface area (TPSA) is 64.4 Å². The first-order valence-corrected chi connectivity index (χ1v) is 7.26. The van der Waals surface area contributed by atoms with Gasteiger partial charge in [-0.15, -0.1) is 0 Å². The molecule has 0 heterocycles. The van der Waals surface area contributed by atoms with Crippen molar-refractivity contribution >= 4 is 11.4 Å². The van der Waals surface area contributed by atoms with Gasteiger partial charge in [-0.05, 0) is 38.3 Å². The summed E-state index contributed by atoms with van der Waals surface area (Å²) in [4.78, 5) is 10.9. The number of ether oxygens (including phenoxy) is 1. The number of nitro groups is 1. The van der Waals surface area contributed by atoms with Crippen LogP contribution in [-0.4, -0.2) is 17.6 Å². The highest BCUT2D eigenvalue weighted by molar-refractivity contribution is 5.68. The molecule has 1 aliphatic carbocycles. The zero-order valence-electron chi connectivity index (χ0n) is 12.1. The van der Waals surface area contributed by atoms with E-state index < -0.39 is 0 Å². The van der Waals surface area contributed by atoms with Crippen LogP contribution in [0.1, 0.15) is 39.5 Å². The first-order valence-electron chi connectivity index (χ1n) is 7.26. The summed E-state index contributed by atoms with van der Waals surface area (Å²) in [7, 11) is 0. The van der Waals surface area contributed by atoms with Gasteiger partial charge in [-0.25, -0.2) is 0 Å². The van der Waals surface area contributed by atoms with Crippen LogP contribution in [0.5, 0.6) is 5.75 Å². The van der Waals surface area contributed by atoms with Gasteiger partial charge in [-0.2, -0.15) is 0 Å². The molecular weight excluding hydrogens is 256 g/mol. The predicted molar refractivity (Wildman–Crippen MR) is 79.3 cm³/mol. The summed E-state index contributed by atoms with van der Waals surface area (Å²) in [5.41, 5.74) is 0.585. The lowest BCUT2D eigenvalue weighted by Crippen LogP contribution is -2.16. The maximum absolute atomic E-state index is 11.3. The van der Waals surface area contributed by atoms with E-state index in [9.17, 15) is 10.1 Å². The monoisotopic (exact) mass is 278 g/mol. The molecule has 1 aromatic carbocycles. The molecule has 5 nitrogen and oxygen atoms in total. The van der Waals surface area contributed by atoms with Crippen LogP contribution < -0.4 is 10.1 Å². The van der Waals surface area contributed by atoms with Crippen LogP contribution in [0.4, 0.5) is 11.4 Å². The molecule has 0 aromatic heterocycles. The highest BCUT2D eigenvalue weighted by atomic mass is 16.6. The van der Waals surface area contributed by atoms with Crippen molar-refractivity contribution in [3.05, 3.63) is 28.3 Å². The van der Waals surface area contributed by atoms with E-state index in [2.05, 4.69) is 5.32 Å². The first-order chi connectivity index (χ1) is 9.58. The number of hydrogen-bond donors (Lipinski definition) is 1. The van der Waals surface area contributed by atoms with Crippen molar-refractivity contribution in [1.29, 1.82) is 0 Å². The number of hydrogen-bond acceptors (Lipinski definition) is 4. The largest absolute Gasteiger partial charge is 0.484 e. The molecule has 0 aliphatic heterocycles. The number of rotatable bonds is 7. The van der Waals surface area contributed by atoms with Crippen LogP contribution in [0.3, 0.4) is 0 Å². The van der Waals surface area contributed by atoms with Crippen LogP contribution in [0.25, 0.3) is 0 Å². The highest BCUT2D eigenvalue weighted by Crippen LogP contribution is 2.36. The quantitative estimate of drug-likeness (QED) is 0.605. The fraction of sp³-hybridized carbons (Fsp3) is 0.600. The third kappa shape index (κ3) is 3.62. The van der Waals surface area contributed by atoms with Gasteiger partial charge in [0.2, 0.25) is 0 Å². The Kier molecular flexibility index (Phi) is 4.82. The molecule has 0 saturated heterocycles. The lowest BCUT2D eigenvalue weighted by molar-refractivity contribution is -0.385. The third-order valence-corrected chi connectivity index (χ3v) is 3.64.